The lowest BCUT2D eigenvalue weighted by Crippen LogP contribution is -2.52. The van der Waals surface area contributed by atoms with Gasteiger partial charge in [-0.1, -0.05) is 105 Å². The Labute approximate surface area is 373 Å². The minimum absolute atomic E-state index is 0.0875. The highest BCUT2D eigenvalue weighted by molar-refractivity contribution is 6.16. The molecule has 6 aliphatic rings. The van der Waals surface area contributed by atoms with Gasteiger partial charge in [0.1, 0.15) is 11.1 Å². The summed E-state index contributed by atoms with van der Waals surface area (Å²) in [6.07, 6.45) is 15.7. The van der Waals surface area contributed by atoms with Gasteiger partial charge in [-0.15, -0.1) is 0 Å². The summed E-state index contributed by atoms with van der Waals surface area (Å²) in [6.45, 7) is 19.3. The van der Waals surface area contributed by atoms with Crippen LogP contribution in [0.5, 0.6) is 0 Å². The van der Waals surface area contributed by atoms with E-state index in [0.29, 0.717) is 25.7 Å². The average molecular weight is 859 g/mol. The molecule has 10 nitrogen and oxygen atoms in total. The van der Waals surface area contributed by atoms with Gasteiger partial charge in [0.15, 0.2) is 0 Å². The maximum absolute atomic E-state index is 13.6. The molecule has 63 heavy (non-hydrogen) atoms. The van der Waals surface area contributed by atoms with Crippen LogP contribution in [0, 0.1) is 17.3 Å². The molecule has 2 saturated heterocycles. The van der Waals surface area contributed by atoms with E-state index >= 15 is 0 Å². The van der Waals surface area contributed by atoms with Crippen LogP contribution in [0.15, 0.2) is 95.4 Å². The third-order valence-corrected chi connectivity index (χ3v) is 15.5. The van der Waals surface area contributed by atoms with E-state index in [-0.39, 0.29) is 39.2 Å². The van der Waals surface area contributed by atoms with E-state index in [2.05, 4.69) is 89.5 Å². The third-order valence-electron chi connectivity index (χ3n) is 15.5. The summed E-state index contributed by atoms with van der Waals surface area (Å²) in [4.78, 5) is 58.8. The fraction of sp³-hybridized carbons (Fsp3) is 0.547. The van der Waals surface area contributed by atoms with Crippen molar-refractivity contribution in [2.75, 3.05) is 22.9 Å². The number of benzene rings is 2. The molecule has 4 aliphatic heterocycles. The molecule has 336 valence electrons. The van der Waals surface area contributed by atoms with Crippen molar-refractivity contribution in [3.63, 3.8) is 0 Å². The summed E-state index contributed by atoms with van der Waals surface area (Å²) in [5.74, 6) is -4.53. The van der Waals surface area contributed by atoms with Crippen LogP contribution in [0.3, 0.4) is 0 Å². The normalized spacial score (nSPS) is 28.8. The van der Waals surface area contributed by atoms with E-state index in [1.54, 1.807) is 12.2 Å². The van der Waals surface area contributed by atoms with E-state index in [1.165, 1.54) is 11.1 Å². The van der Waals surface area contributed by atoms with Crippen molar-refractivity contribution in [1.29, 1.82) is 0 Å². The predicted molar refractivity (Wildman–Crippen MR) is 243 cm³/mol. The number of hydrogen-bond acceptors (Lipinski definition) is 10. The molecule has 10 heteroatoms. The van der Waals surface area contributed by atoms with Gasteiger partial charge < -0.3 is 28.7 Å². The molecule has 2 aromatic carbocycles. The smallest absolute Gasteiger partial charge is 0.348 e. The predicted octanol–water partition coefficient (Wildman–Crippen LogP) is 10.8. The number of fused-ring (bicyclic) bond motifs is 2. The Morgan fingerprint density at radius 3 is 1.22 bits per heavy atom. The quantitative estimate of drug-likeness (QED) is 0.130. The lowest BCUT2D eigenvalue weighted by molar-refractivity contribution is -0.252. The summed E-state index contributed by atoms with van der Waals surface area (Å²) in [6, 6.07) is 16.7. The fourth-order valence-electron chi connectivity index (χ4n) is 11.4. The van der Waals surface area contributed by atoms with Crippen LogP contribution < -0.4 is 9.80 Å². The molecular weight excluding hydrogens is 793 g/mol. The number of carbonyl (C=O) groups excluding carboxylic acids is 4. The molecule has 0 unspecified atom stereocenters. The van der Waals surface area contributed by atoms with Crippen LogP contribution in [0.2, 0.25) is 0 Å². The molecule has 0 radical (unpaired) electrons. The first kappa shape index (κ1) is 44.5. The maximum atomic E-state index is 13.6. The number of esters is 4. The van der Waals surface area contributed by atoms with Crippen LogP contribution >= 0.6 is 0 Å². The summed E-state index contributed by atoms with van der Waals surface area (Å²) >= 11 is 0. The Bertz CT molecular complexity index is 2080. The van der Waals surface area contributed by atoms with E-state index in [1.807, 2.05) is 36.4 Å². The maximum Gasteiger partial charge on any atom is 0.348 e. The van der Waals surface area contributed by atoms with Gasteiger partial charge in [0.2, 0.25) is 0 Å². The molecule has 4 heterocycles. The number of allylic oxidation sites excluding steroid dienone is 6. The highest BCUT2D eigenvalue weighted by Gasteiger charge is 2.54. The number of unbranched alkanes of at least 4 members (excludes halogenated alkanes) is 2. The van der Waals surface area contributed by atoms with Crippen molar-refractivity contribution in [2.45, 2.75) is 155 Å². The summed E-state index contributed by atoms with van der Waals surface area (Å²) in [7, 11) is 0. The standard InChI is InChI=1S/C53H66N2O8/c1-9-11-33-54-41-19-15-13-17-39(41)50(5,6)43(54)23-21-37-45(56)60-52(61-46(37)57)29-25-35(26-30-52)49(3,4)36-27-31-53(32-28-36)62-47(58)38(48(59)63-53)22-24-44-51(7,8)40-18-14-16-20-42(40)55(44)34-12-10-2/h13-24,35-36H,9-12,25-34H2,1-8H3/b37-21?,38-22?,43-23-,44-24-. The first-order valence-electron chi connectivity index (χ1n) is 23.5. The van der Waals surface area contributed by atoms with Gasteiger partial charge in [0, 0.05) is 72.4 Å². The van der Waals surface area contributed by atoms with Gasteiger partial charge >= 0.3 is 23.9 Å². The van der Waals surface area contributed by atoms with Crippen molar-refractivity contribution in [2.24, 2.45) is 17.3 Å². The summed E-state index contributed by atoms with van der Waals surface area (Å²) in [5.41, 5.74) is 5.89. The van der Waals surface area contributed by atoms with Gasteiger partial charge in [0.25, 0.3) is 11.6 Å². The average Bonchev–Trinajstić information content (AvgIpc) is 3.59. The Balaban J connectivity index is 0.879. The second kappa shape index (κ2) is 16.8. The number of anilines is 2. The van der Waals surface area contributed by atoms with Crippen molar-refractivity contribution in [1.82, 2.24) is 0 Å². The molecule has 8 rings (SSSR count). The summed E-state index contributed by atoms with van der Waals surface area (Å²) in [5, 5.41) is 0. The molecule has 0 amide bonds. The zero-order valence-electron chi connectivity index (χ0n) is 38.6. The van der Waals surface area contributed by atoms with Crippen LogP contribution in [0.1, 0.15) is 144 Å². The van der Waals surface area contributed by atoms with E-state index in [0.717, 1.165) is 87.2 Å². The Hall–Kier alpha value is -5.12. The minimum Gasteiger partial charge on any atom is -0.419 e. The molecule has 0 N–H and O–H groups in total. The van der Waals surface area contributed by atoms with Crippen LogP contribution in [-0.4, -0.2) is 48.5 Å². The number of hydrogen-bond donors (Lipinski definition) is 0. The molecule has 0 bridgehead atoms. The van der Waals surface area contributed by atoms with E-state index < -0.39 is 35.5 Å². The Morgan fingerprint density at radius 2 is 0.889 bits per heavy atom. The van der Waals surface area contributed by atoms with E-state index in [4.69, 9.17) is 18.9 Å². The lowest BCUT2D eigenvalue weighted by Gasteiger charge is -2.50. The molecule has 2 aliphatic carbocycles. The second-order valence-corrected chi connectivity index (χ2v) is 20.3. The lowest BCUT2D eigenvalue weighted by atomic mass is 9.60. The minimum atomic E-state index is -1.27. The molecule has 2 spiro atoms. The topological polar surface area (TPSA) is 112 Å². The van der Waals surface area contributed by atoms with Crippen LogP contribution in [-0.2, 0) is 49.0 Å². The fourth-order valence-corrected chi connectivity index (χ4v) is 11.4. The van der Waals surface area contributed by atoms with Gasteiger partial charge in [-0.2, -0.15) is 0 Å². The largest absolute Gasteiger partial charge is 0.419 e. The van der Waals surface area contributed by atoms with Gasteiger partial charge in [-0.05, 0) is 103 Å². The zero-order chi connectivity index (χ0) is 45.0. The van der Waals surface area contributed by atoms with Gasteiger partial charge in [0.05, 0.1) is 0 Å². The van der Waals surface area contributed by atoms with Gasteiger partial charge in [-0.25, -0.2) is 19.2 Å². The summed E-state index contributed by atoms with van der Waals surface area (Å²) < 4.78 is 24.1. The molecule has 4 fully saturated rings. The number of nitrogens with zero attached hydrogens (tertiary/aromatic N) is 2. The number of ether oxygens (including phenoxy) is 4. The third kappa shape index (κ3) is 7.94. The van der Waals surface area contributed by atoms with Crippen molar-refractivity contribution >= 4 is 35.3 Å². The second-order valence-electron chi connectivity index (χ2n) is 20.3. The molecule has 2 saturated carbocycles. The molecular formula is C53H66N2O8. The molecule has 2 aromatic rings. The molecule has 0 atom stereocenters. The first-order chi connectivity index (χ1) is 30.0. The SMILES string of the molecule is CCCCN1/C(=C\C=C2C(=O)OC3(CCC(C(C)(C)C4CCC5(CC4)OC(=O)C(=C/C=C4\N(CCCC)c6ccccc6C4(C)C)C(=O)O5)CC3)OC2=O)C(C)(C)c2ccccc21. The Kier molecular flexibility index (Phi) is 11.8. The van der Waals surface area contributed by atoms with Crippen molar-refractivity contribution in [3.8, 4) is 0 Å². The monoisotopic (exact) mass is 858 g/mol. The highest BCUT2D eigenvalue weighted by atomic mass is 16.8. The number of carbonyl (C=O) groups is 4. The zero-order valence-corrected chi connectivity index (χ0v) is 38.6. The van der Waals surface area contributed by atoms with Crippen LogP contribution in [0.25, 0.3) is 0 Å². The Morgan fingerprint density at radius 1 is 0.556 bits per heavy atom. The molecule has 0 aromatic heterocycles. The highest BCUT2D eigenvalue weighted by Crippen LogP contribution is 2.54. The van der Waals surface area contributed by atoms with E-state index in [9.17, 15) is 19.2 Å². The number of para-hydroxylation sites is 2. The van der Waals surface area contributed by atoms with Gasteiger partial charge in [-0.3, -0.25) is 0 Å². The van der Waals surface area contributed by atoms with Crippen molar-refractivity contribution in [3.05, 3.63) is 107 Å². The van der Waals surface area contributed by atoms with Crippen LogP contribution in [0.4, 0.5) is 11.4 Å². The first-order valence-corrected chi connectivity index (χ1v) is 23.5. The number of rotatable bonds is 10. The van der Waals surface area contributed by atoms with Crippen molar-refractivity contribution < 1.29 is 38.1 Å².